The Labute approximate surface area is 179 Å². The standard InChI is InChI=1S/C26H32N2O2/c1-18-11-13-20(14-12-18)30-17-25(29)28-22(15-19-7-4-3-5-8-19)21-16-26(2)23(27-21)9-6-10-24(26)28/h3-5,7-8,11-14,21-24,27H,6,9-10,15-17H2,1-2H3/t21-,22-,23-,24+,26-/m0/s1. The van der Waals surface area contributed by atoms with E-state index in [0.717, 1.165) is 18.6 Å². The van der Waals surface area contributed by atoms with Crippen molar-refractivity contribution in [1.29, 1.82) is 0 Å². The highest BCUT2D eigenvalue weighted by atomic mass is 16.5. The first-order valence-electron chi connectivity index (χ1n) is 11.4. The van der Waals surface area contributed by atoms with Crippen LogP contribution in [-0.2, 0) is 11.2 Å². The molecule has 158 valence electrons. The Kier molecular flexibility index (Phi) is 5.06. The molecule has 0 spiro atoms. The second-order valence-electron chi connectivity index (χ2n) is 9.64. The molecule has 4 heteroatoms. The molecule has 1 saturated carbocycles. The molecule has 2 saturated heterocycles. The minimum absolute atomic E-state index is 0.109. The first-order valence-corrected chi connectivity index (χ1v) is 11.4. The fraction of sp³-hybridized carbons (Fsp3) is 0.500. The molecule has 30 heavy (non-hydrogen) atoms. The molecule has 3 aliphatic rings. The molecule has 0 unspecified atom stereocenters. The summed E-state index contributed by atoms with van der Waals surface area (Å²) in [7, 11) is 0. The van der Waals surface area contributed by atoms with Gasteiger partial charge >= 0.3 is 0 Å². The van der Waals surface area contributed by atoms with Gasteiger partial charge in [-0.15, -0.1) is 0 Å². The zero-order chi connectivity index (χ0) is 20.7. The average Bonchev–Trinajstić information content (AvgIpc) is 3.10. The number of ether oxygens (including phenoxy) is 1. The largest absolute Gasteiger partial charge is 0.484 e. The van der Waals surface area contributed by atoms with Gasteiger partial charge in [-0.3, -0.25) is 4.79 Å². The number of benzene rings is 2. The van der Waals surface area contributed by atoms with E-state index in [-0.39, 0.29) is 24.0 Å². The number of nitrogens with one attached hydrogen (secondary N) is 1. The summed E-state index contributed by atoms with van der Waals surface area (Å²) in [4.78, 5) is 15.8. The van der Waals surface area contributed by atoms with Gasteiger partial charge in [0.15, 0.2) is 6.61 Å². The number of amides is 1. The third-order valence-electron chi connectivity index (χ3n) is 7.72. The molecule has 1 N–H and O–H groups in total. The molecule has 0 aromatic heterocycles. The number of fused-ring (bicyclic) bond motifs is 1. The number of carbonyl (C=O) groups is 1. The Morgan fingerprint density at radius 1 is 1.13 bits per heavy atom. The van der Waals surface area contributed by atoms with Crippen LogP contribution in [0.5, 0.6) is 5.75 Å². The maximum Gasteiger partial charge on any atom is 0.261 e. The van der Waals surface area contributed by atoms with E-state index in [0.29, 0.717) is 18.1 Å². The van der Waals surface area contributed by atoms with Crippen molar-refractivity contribution in [3.05, 3.63) is 65.7 Å². The third kappa shape index (κ3) is 3.41. The van der Waals surface area contributed by atoms with Crippen molar-refractivity contribution in [2.45, 2.75) is 70.1 Å². The Balaban J connectivity index is 1.41. The maximum absolute atomic E-state index is 13.6. The Morgan fingerprint density at radius 3 is 2.67 bits per heavy atom. The molecule has 4 nitrogen and oxygen atoms in total. The van der Waals surface area contributed by atoms with Gasteiger partial charge in [-0.1, -0.05) is 55.0 Å². The topological polar surface area (TPSA) is 41.6 Å². The van der Waals surface area contributed by atoms with Crippen molar-refractivity contribution in [3.63, 3.8) is 0 Å². The van der Waals surface area contributed by atoms with Gasteiger partial charge in [-0.2, -0.15) is 0 Å². The van der Waals surface area contributed by atoms with Crippen molar-refractivity contribution < 1.29 is 9.53 Å². The molecule has 2 aliphatic heterocycles. The molecule has 1 aliphatic carbocycles. The molecular formula is C26H32N2O2. The van der Waals surface area contributed by atoms with Gasteiger partial charge in [0.05, 0.1) is 6.04 Å². The monoisotopic (exact) mass is 404 g/mol. The number of aryl methyl sites for hydroxylation is 1. The molecule has 3 fully saturated rings. The highest BCUT2D eigenvalue weighted by molar-refractivity contribution is 5.79. The van der Waals surface area contributed by atoms with Crippen LogP contribution in [0.25, 0.3) is 0 Å². The Bertz CT molecular complexity index is 897. The molecule has 5 rings (SSSR count). The SMILES string of the molecule is Cc1ccc(OCC(=O)N2[C@@H](Cc3ccccc3)[C@@H]3C[C@@]4(C)[C@H](CCC[C@@H]24)N3)cc1. The van der Waals surface area contributed by atoms with Gasteiger partial charge in [0.25, 0.3) is 5.91 Å². The molecular weight excluding hydrogens is 372 g/mol. The third-order valence-corrected chi connectivity index (χ3v) is 7.72. The summed E-state index contributed by atoms with van der Waals surface area (Å²) in [6, 6.07) is 19.9. The number of hydrogen-bond donors (Lipinski definition) is 1. The first-order chi connectivity index (χ1) is 14.5. The number of rotatable bonds is 5. The van der Waals surface area contributed by atoms with E-state index in [1.807, 2.05) is 24.3 Å². The lowest BCUT2D eigenvalue weighted by Crippen LogP contribution is -2.63. The van der Waals surface area contributed by atoms with E-state index in [2.05, 4.69) is 54.4 Å². The second kappa shape index (κ2) is 7.73. The van der Waals surface area contributed by atoms with E-state index in [9.17, 15) is 4.79 Å². The predicted octanol–water partition coefficient (Wildman–Crippen LogP) is 4.12. The minimum atomic E-state index is 0.109. The normalized spacial score (nSPS) is 32.1. The van der Waals surface area contributed by atoms with Crippen LogP contribution in [0, 0.1) is 12.3 Å². The molecule has 2 aromatic rings. The average molecular weight is 405 g/mol. The summed E-state index contributed by atoms with van der Waals surface area (Å²) in [5.41, 5.74) is 2.67. The fourth-order valence-electron chi connectivity index (χ4n) is 6.19. The molecule has 2 aromatic carbocycles. The van der Waals surface area contributed by atoms with E-state index >= 15 is 0 Å². The van der Waals surface area contributed by atoms with E-state index < -0.39 is 0 Å². The zero-order valence-corrected chi connectivity index (χ0v) is 18.0. The summed E-state index contributed by atoms with van der Waals surface area (Å²) in [5.74, 6) is 0.890. The molecule has 2 bridgehead atoms. The first kappa shape index (κ1) is 19.6. The quantitative estimate of drug-likeness (QED) is 0.815. The summed E-state index contributed by atoms with van der Waals surface area (Å²) >= 11 is 0. The smallest absolute Gasteiger partial charge is 0.261 e. The van der Waals surface area contributed by atoms with Crippen molar-refractivity contribution in [1.82, 2.24) is 10.2 Å². The number of carbonyl (C=O) groups excluding carboxylic acids is 1. The maximum atomic E-state index is 13.6. The van der Waals surface area contributed by atoms with E-state index in [4.69, 9.17) is 4.74 Å². The molecule has 5 atom stereocenters. The Hall–Kier alpha value is -2.33. The van der Waals surface area contributed by atoms with E-state index in [1.54, 1.807) is 0 Å². The molecule has 0 radical (unpaired) electrons. The van der Waals surface area contributed by atoms with Crippen LogP contribution < -0.4 is 10.1 Å². The number of likely N-dealkylation sites (tertiary alicyclic amines) is 1. The predicted molar refractivity (Wildman–Crippen MR) is 119 cm³/mol. The lowest BCUT2D eigenvalue weighted by atomic mass is 9.64. The number of piperidine rings is 1. The number of hydrogen-bond acceptors (Lipinski definition) is 3. The van der Waals surface area contributed by atoms with Crippen LogP contribution in [0.2, 0.25) is 0 Å². The van der Waals surface area contributed by atoms with Crippen molar-refractivity contribution in [2.75, 3.05) is 6.61 Å². The summed E-state index contributed by atoms with van der Waals surface area (Å²) in [6.45, 7) is 4.56. The number of nitrogens with zero attached hydrogens (tertiary/aromatic N) is 1. The van der Waals surface area contributed by atoms with Crippen LogP contribution in [0.4, 0.5) is 0 Å². The van der Waals surface area contributed by atoms with Crippen molar-refractivity contribution in [3.8, 4) is 5.75 Å². The van der Waals surface area contributed by atoms with Crippen LogP contribution in [0.15, 0.2) is 54.6 Å². The van der Waals surface area contributed by atoms with Crippen molar-refractivity contribution in [2.24, 2.45) is 5.41 Å². The van der Waals surface area contributed by atoms with E-state index in [1.165, 1.54) is 30.4 Å². The van der Waals surface area contributed by atoms with Gasteiger partial charge in [0.1, 0.15) is 5.75 Å². The van der Waals surface area contributed by atoms with Gasteiger partial charge in [-0.25, -0.2) is 0 Å². The highest BCUT2D eigenvalue weighted by Gasteiger charge is 2.60. The Morgan fingerprint density at radius 2 is 1.90 bits per heavy atom. The second-order valence-corrected chi connectivity index (χ2v) is 9.64. The van der Waals surface area contributed by atoms with Gasteiger partial charge in [0.2, 0.25) is 0 Å². The van der Waals surface area contributed by atoms with Crippen LogP contribution in [-0.4, -0.2) is 41.6 Å². The minimum Gasteiger partial charge on any atom is -0.484 e. The van der Waals surface area contributed by atoms with Gasteiger partial charge in [0, 0.05) is 23.5 Å². The fourth-order valence-corrected chi connectivity index (χ4v) is 6.19. The molecule has 1 amide bonds. The zero-order valence-electron chi connectivity index (χ0n) is 18.0. The van der Waals surface area contributed by atoms with Gasteiger partial charge in [-0.05, 0) is 56.7 Å². The van der Waals surface area contributed by atoms with Crippen LogP contribution in [0.1, 0.15) is 43.7 Å². The van der Waals surface area contributed by atoms with Crippen molar-refractivity contribution >= 4 is 5.91 Å². The summed E-state index contributed by atoms with van der Waals surface area (Å²) < 4.78 is 5.92. The summed E-state index contributed by atoms with van der Waals surface area (Å²) in [5, 5.41) is 3.93. The van der Waals surface area contributed by atoms with Crippen LogP contribution >= 0.6 is 0 Å². The molecule has 2 heterocycles. The summed E-state index contributed by atoms with van der Waals surface area (Å²) in [6.07, 6.45) is 5.58. The van der Waals surface area contributed by atoms with Crippen LogP contribution in [0.3, 0.4) is 0 Å². The van der Waals surface area contributed by atoms with Gasteiger partial charge < -0.3 is 15.0 Å². The lowest BCUT2D eigenvalue weighted by molar-refractivity contribution is -0.146. The lowest BCUT2D eigenvalue weighted by Gasteiger charge is -2.53. The highest BCUT2D eigenvalue weighted by Crippen LogP contribution is 2.52.